The second-order valence-corrected chi connectivity index (χ2v) is 19.8. The molecule has 1 unspecified atom stereocenters. The third-order valence-corrected chi connectivity index (χ3v) is 13.2. The lowest BCUT2D eigenvalue weighted by molar-refractivity contribution is -0.192. The molecule has 1 aliphatic heterocycles. The minimum absolute atomic E-state index is 0.00677. The van der Waals surface area contributed by atoms with Crippen molar-refractivity contribution in [3.63, 3.8) is 0 Å². The van der Waals surface area contributed by atoms with Crippen LogP contribution in [0.5, 0.6) is 0 Å². The molecule has 0 saturated carbocycles. The molecule has 0 aromatic rings. The SMILES string of the molecule is CCCCCCCCCCCOC(=O)CCCCCN(CCCCCCCC(=O)OC(CCCCCCCC)CCCCCCCC)CC(O)CCCCNC(=O)[C@@H]1CCNC1.O=C(O)C(F)(F)F. The molecule has 4 N–H and O–H groups in total. The summed E-state index contributed by atoms with van der Waals surface area (Å²) >= 11 is 0. The molecule has 0 aliphatic carbocycles. The minimum atomic E-state index is -5.08. The highest BCUT2D eigenvalue weighted by atomic mass is 19.4. The number of rotatable bonds is 47. The van der Waals surface area contributed by atoms with Crippen molar-refractivity contribution in [1.29, 1.82) is 0 Å². The molecule has 1 fully saturated rings. The van der Waals surface area contributed by atoms with Gasteiger partial charge in [0.25, 0.3) is 0 Å². The maximum Gasteiger partial charge on any atom is 0.490 e. The molecule has 1 rings (SSSR count). The van der Waals surface area contributed by atoms with Crippen LogP contribution in [0, 0.1) is 5.92 Å². The van der Waals surface area contributed by atoms with Crippen molar-refractivity contribution in [3.8, 4) is 0 Å². The number of ether oxygens (including phenoxy) is 2. The van der Waals surface area contributed by atoms with E-state index >= 15 is 0 Å². The van der Waals surface area contributed by atoms with E-state index in [0.29, 0.717) is 32.5 Å². The maximum absolute atomic E-state index is 12.9. The van der Waals surface area contributed by atoms with Gasteiger partial charge in [-0.15, -0.1) is 0 Å². The smallest absolute Gasteiger partial charge is 0.475 e. The largest absolute Gasteiger partial charge is 0.490 e. The Morgan fingerprint density at radius 1 is 0.609 bits per heavy atom. The van der Waals surface area contributed by atoms with Gasteiger partial charge in [0, 0.05) is 32.5 Å². The Kier molecular flexibility index (Phi) is 46.2. The molecule has 69 heavy (non-hydrogen) atoms. The molecule has 0 aromatic carbocycles. The van der Waals surface area contributed by atoms with Gasteiger partial charge in [0.05, 0.1) is 18.6 Å². The van der Waals surface area contributed by atoms with Crippen molar-refractivity contribution >= 4 is 23.8 Å². The van der Waals surface area contributed by atoms with Crippen molar-refractivity contribution in [2.24, 2.45) is 5.92 Å². The fourth-order valence-electron chi connectivity index (χ4n) is 8.82. The summed E-state index contributed by atoms with van der Waals surface area (Å²) in [6, 6.07) is 0. The van der Waals surface area contributed by atoms with Gasteiger partial charge in [-0.2, -0.15) is 13.2 Å². The number of hydrogen-bond donors (Lipinski definition) is 4. The Bertz CT molecular complexity index is 1190. The first-order valence-corrected chi connectivity index (χ1v) is 28.4. The van der Waals surface area contributed by atoms with Gasteiger partial charge in [-0.05, 0) is 103 Å². The molecule has 408 valence electrons. The number of nitrogens with zero attached hydrogens (tertiary/aromatic N) is 1. The number of halogens is 3. The van der Waals surface area contributed by atoms with E-state index in [1.165, 1.54) is 109 Å². The Hall–Kier alpha value is -2.45. The topological polar surface area (TPSA) is 154 Å². The molecule has 11 nitrogen and oxygen atoms in total. The van der Waals surface area contributed by atoms with Crippen LogP contribution in [0.1, 0.15) is 258 Å². The van der Waals surface area contributed by atoms with Gasteiger partial charge in [0.1, 0.15) is 6.10 Å². The molecule has 1 heterocycles. The zero-order valence-electron chi connectivity index (χ0n) is 44.3. The lowest BCUT2D eigenvalue weighted by Gasteiger charge is -2.25. The van der Waals surface area contributed by atoms with Crippen LogP contribution < -0.4 is 10.6 Å². The summed E-state index contributed by atoms with van der Waals surface area (Å²) in [4.78, 5) is 48.8. The highest BCUT2D eigenvalue weighted by Gasteiger charge is 2.38. The van der Waals surface area contributed by atoms with Crippen molar-refractivity contribution in [2.45, 2.75) is 277 Å². The fourth-order valence-corrected chi connectivity index (χ4v) is 8.82. The number of carboxylic acids is 1. The average molecular weight is 992 g/mol. The standard InChI is InChI=1S/C53H103N3O6.C2HF3O2/c1-4-7-10-13-16-17-18-24-34-45-61-51(58)38-29-25-33-44-56(47-49(57)35-30-31-41-55-53(60)48-40-42-54-46-48)43-32-23-19-22-28-39-52(59)62-50(36-26-20-14-11-8-5-2)37-27-21-15-12-9-6-3;3-2(4,5)1(6)7/h48-50,54,57H,4-47H2,1-3H3,(H,55,60);(H,6,7)/t48-,49?;/m1./s1. The molecule has 14 heteroatoms. The van der Waals surface area contributed by atoms with E-state index in [4.69, 9.17) is 19.4 Å². The number of hydrogen-bond acceptors (Lipinski definition) is 9. The summed E-state index contributed by atoms with van der Waals surface area (Å²) in [7, 11) is 0. The van der Waals surface area contributed by atoms with E-state index in [2.05, 4.69) is 36.3 Å². The number of aliphatic hydroxyl groups is 1. The Labute approximate surface area is 418 Å². The van der Waals surface area contributed by atoms with Crippen molar-refractivity contribution in [1.82, 2.24) is 15.5 Å². The van der Waals surface area contributed by atoms with Gasteiger partial charge in [-0.3, -0.25) is 14.4 Å². The number of aliphatic hydroxyl groups excluding tert-OH is 1. The molecule has 0 aromatic heterocycles. The van der Waals surface area contributed by atoms with E-state index in [1.54, 1.807) is 0 Å². The zero-order chi connectivity index (χ0) is 51.1. The van der Waals surface area contributed by atoms with E-state index in [9.17, 15) is 32.7 Å². The van der Waals surface area contributed by atoms with Gasteiger partial charge in [0.15, 0.2) is 0 Å². The molecule has 2 atom stereocenters. The minimum Gasteiger partial charge on any atom is -0.475 e. The third-order valence-electron chi connectivity index (χ3n) is 13.2. The quantitative estimate of drug-likeness (QED) is 0.0342. The molecule has 0 radical (unpaired) electrons. The first-order chi connectivity index (χ1) is 33.3. The summed E-state index contributed by atoms with van der Waals surface area (Å²) < 4.78 is 43.3. The molecular formula is C55H104F3N3O8. The summed E-state index contributed by atoms with van der Waals surface area (Å²) in [5.41, 5.74) is 0. The van der Waals surface area contributed by atoms with Gasteiger partial charge < -0.3 is 35.2 Å². The molecule has 1 amide bonds. The lowest BCUT2D eigenvalue weighted by atomic mass is 10.0. The number of aliphatic carboxylic acids is 1. The summed E-state index contributed by atoms with van der Waals surface area (Å²) in [5, 5.41) is 24.5. The number of alkyl halides is 3. The monoisotopic (exact) mass is 992 g/mol. The number of amides is 1. The molecule has 0 bridgehead atoms. The van der Waals surface area contributed by atoms with Crippen LogP contribution in [0.15, 0.2) is 0 Å². The summed E-state index contributed by atoms with van der Waals surface area (Å²) in [6.07, 6.45) is 35.7. The lowest BCUT2D eigenvalue weighted by Crippen LogP contribution is -2.34. The third kappa shape index (κ3) is 45.2. The Balaban J connectivity index is 0.00000609. The van der Waals surface area contributed by atoms with Crippen LogP contribution in [-0.4, -0.2) is 103 Å². The van der Waals surface area contributed by atoms with Crippen molar-refractivity contribution in [2.75, 3.05) is 45.9 Å². The highest BCUT2D eigenvalue weighted by molar-refractivity contribution is 5.79. The Morgan fingerprint density at radius 2 is 1.04 bits per heavy atom. The first kappa shape index (κ1) is 66.6. The van der Waals surface area contributed by atoms with Gasteiger partial charge in [0.2, 0.25) is 5.91 Å². The van der Waals surface area contributed by atoms with Crippen LogP contribution >= 0.6 is 0 Å². The van der Waals surface area contributed by atoms with E-state index in [-0.39, 0.29) is 29.9 Å². The zero-order valence-corrected chi connectivity index (χ0v) is 44.3. The normalized spacial score (nSPS) is 14.2. The van der Waals surface area contributed by atoms with Crippen LogP contribution in [0.4, 0.5) is 13.2 Å². The first-order valence-electron chi connectivity index (χ1n) is 28.4. The van der Waals surface area contributed by atoms with Crippen LogP contribution in [0.3, 0.4) is 0 Å². The highest BCUT2D eigenvalue weighted by Crippen LogP contribution is 2.19. The second kappa shape index (κ2) is 47.9. The molecule has 0 spiro atoms. The molecule has 1 aliphatic rings. The van der Waals surface area contributed by atoms with Crippen molar-refractivity contribution in [3.05, 3.63) is 0 Å². The number of esters is 2. The number of carbonyl (C=O) groups is 4. The van der Waals surface area contributed by atoms with Crippen LogP contribution in [0.2, 0.25) is 0 Å². The Morgan fingerprint density at radius 3 is 1.54 bits per heavy atom. The predicted molar refractivity (Wildman–Crippen MR) is 274 cm³/mol. The van der Waals surface area contributed by atoms with Gasteiger partial charge >= 0.3 is 24.1 Å². The van der Waals surface area contributed by atoms with E-state index in [0.717, 1.165) is 142 Å². The van der Waals surface area contributed by atoms with Gasteiger partial charge in [-0.25, -0.2) is 4.79 Å². The maximum atomic E-state index is 12.9. The summed E-state index contributed by atoms with van der Waals surface area (Å²) in [6.45, 7) is 12.2. The van der Waals surface area contributed by atoms with Crippen LogP contribution in [-0.2, 0) is 28.7 Å². The summed E-state index contributed by atoms with van der Waals surface area (Å²) in [5.74, 6) is -2.58. The number of carbonyl (C=O) groups excluding carboxylic acids is 3. The molecular weight excluding hydrogens is 888 g/mol. The second-order valence-electron chi connectivity index (χ2n) is 19.8. The number of nitrogens with one attached hydrogen (secondary N) is 2. The van der Waals surface area contributed by atoms with E-state index in [1.807, 2.05) is 0 Å². The van der Waals surface area contributed by atoms with Crippen LogP contribution in [0.25, 0.3) is 0 Å². The van der Waals surface area contributed by atoms with E-state index < -0.39 is 18.2 Å². The average Bonchev–Trinajstić information content (AvgIpc) is 3.87. The molecule has 1 saturated heterocycles. The number of carboxylic acid groups (broad SMARTS) is 1. The predicted octanol–water partition coefficient (Wildman–Crippen LogP) is 13.6. The van der Waals surface area contributed by atoms with Gasteiger partial charge in [-0.1, -0.05) is 162 Å². The number of unbranched alkanes of at least 4 members (excludes halogenated alkanes) is 25. The fraction of sp³-hybridized carbons (Fsp3) is 0.927. The van der Waals surface area contributed by atoms with Crippen molar-refractivity contribution < 1.29 is 52.0 Å².